The van der Waals surface area contributed by atoms with E-state index in [-0.39, 0.29) is 8.48 Å². The van der Waals surface area contributed by atoms with Crippen LogP contribution in [-0.4, -0.2) is 42.2 Å². The minimum atomic E-state index is -0.159. The van der Waals surface area contributed by atoms with Gasteiger partial charge in [0.1, 0.15) is 0 Å². The molecule has 0 bridgehead atoms. The highest BCUT2D eigenvalue weighted by atomic mass is 29.2. The number of nitrogens with zero attached hydrogens (tertiary/aromatic N) is 1. The van der Waals surface area contributed by atoms with Crippen LogP contribution in [0.4, 0.5) is 0 Å². The molecule has 5 heteroatoms. The quantitative estimate of drug-likeness (QED) is 0.392. The minimum Gasteiger partial charge on any atom is -0.388 e. The molecule has 44 valence electrons. The van der Waals surface area contributed by atoms with Crippen LogP contribution in [0.3, 0.4) is 0 Å². The molecule has 0 aliphatic heterocycles. The van der Waals surface area contributed by atoms with Gasteiger partial charge in [0, 0.05) is 9.04 Å². The molecule has 0 spiro atoms. The summed E-state index contributed by atoms with van der Waals surface area (Å²) in [6.07, 6.45) is 0. The van der Waals surface area contributed by atoms with Crippen LogP contribution in [-0.2, 0) is 0 Å². The van der Waals surface area contributed by atoms with Crippen LogP contribution in [0, 0.1) is 0 Å². The lowest BCUT2D eigenvalue weighted by Crippen LogP contribution is -2.36. The number of hydrogen-bond acceptors (Lipinski definition) is 1. The van der Waals surface area contributed by atoms with Gasteiger partial charge >= 0.3 is 0 Å². The maximum atomic E-state index is 2.70. The highest BCUT2D eigenvalue weighted by Gasteiger charge is 1.99. The fourth-order valence-electron chi connectivity index (χ4n) is 0.365. The van der Waals surface area contributed by atoms with E-state index < -0.39 is 0 Å². The summed E-state index contributed by atoms with van der Waals surface area (Å²) in [4.78, 5) is 0. The molecule has 0 saturated heterocycles. The van der Waals surface area contributed by atoms with Gasteiger partial charge in [0.2, 0.25) is 0 Å². The Morgan fingerprint density at radius 3 is 2.00 bits per heavy atom. The van der Waals surface area contributed by atoms with Crippen LogP contribution in [0.1, 0.15) is 0 Å². The molecule has 0 aliphatic rings. The van der Waals surface area contributed by atoms with Gasteiger partial charge in [-0.25, -0.2) is 0 Å². The third-order valence-corrected chi connectivity index (χ3v) is 19.8. The summed E-state index contributed by atoms with van der Waals surface area (Å²) in [5.74, 6) is 0. The highest BCUT2D eigenvalue weighted by molar-refractivity contribution is 7.12. The predicted octanol–water partition coefficient (Wildman–Crippen LogP) is -3.08. The Bertz CT molecular complexity index is 47.0. The van der Waals surface area contributed by atoms with Crippen molar-refractivity contribution in [3.8, 4) is 0 Å². The minimum absolute atomic E-state index is 0.159. The van der Waals surface area contributed by atoms with Crippen molar-refractivity contribution in [3.63, 3.8) is 0 Å². The maximum Gasteiger partial charge on any atom is 0.0768 e. The molecule has 0 heterocycles. The van der Waals surface area contributed by atoms with E-state index in [4.69, 9.17) is 0 Å². The van der Waals surface area contributed by atoms with Crippen LogP contribution in [0.15, 0.2) is 0 Å². The monoisotopic (exact) mass is 165 g/mol. The summed E-state index contributed by atoms with van der Waals surface area (Å²) in [6, 6.07) is 0. The van der Waals surface area contributed by atoms with Crippen molar-refractivity contribution in [2.45, 2.75) is 13.1 Å². The standard InChI is InChI=1S/C2H15NSi4/c1-6-7(2)3(4)5/h7H,6H2,1-2,4-5H3. The van der Waals surface area contributed by atoms with Crippen LogP contribution < -0.4 is 0 Å². The van der Waals surface area contributed by atoms with E-state index in [1.54, 1.807) is 0 Å². The Kier molecular flexibility index (Phi) is 4.23. The summed E-state index contributed by atoms with van der Waals surface area (Å²) in [7, 11) is 2.97. The molecular weight excluding hydrogens is 150 g/mol. The van der Waals surface area contributed by atoms with E-state index in [2.05, 4.69) is 17.0 Å². The molecule has 0 saturated carbocycles. The predicted molar refractivity (Wildman–Crippen MR) is 49.1 cm³/mol. The molecule has 1 nitrogen and oxygen atoms in total. The molecular formula is C2H15NSi4. The molecule has 1 unspecified atom stereocenters. The van der Waals surface area contributed by atoms with Gasteiger partial charge in [-0.1, -0.05) is 13.1 Å². The first-order valence-corrected chi connectivity index (χ1v) is 11.0. The molecule has 0 rings (SSSR count). The summed E-state index contributed by atoms with van der Waals surface area (Å²) < 4.78 is 2.70. The lowest BCUT2D eigenvalue weighted by molar-refractivity contribution is 1.14. The van der Waals surface area contributed by atoms with Crippen LogP contribution in [0.25, 0.3) is 0 Å². The Morgan fingerprint density at radius 2 is 2.00 bits per heavy atom. The van der Waals surface area contributed by atoms with E-state index in [1.165, 1.54) is 20.8 Å². The highest BCUT2D eigenvalue weighted by Crippen LogP contribution is 1.78. The Balaban J connectivity index is 3.14. The number of hydrogen-bond donors (Lipinski definition) is 0. The Labute approximate surface area is 55.8 Å². The third-order valence-electron chi connectivity index (χ3n) is 1.47. The lowest BCUT2D eigenvalue weighted by Gasteiger charge is -2.15. The van der Waals surface area contributed by atoms with Crippen molar-refractivity contribution < 1.29 is 0 Å². The second kappa shape index (κ2) is 3.78. The number of rotatable bonds is 2. The first-order valence-electron chi connectivity index (χ1n) is 2.85. The molecule has 0 aliphatic carbocycles. The van der Waals surface area contributed by atoms with E-state index >= 15 is 0 Å². The molecule has 0 aromatic heterocycles. The van der Waals surface area contributed by atoms with Gasteiger partial charge in [-0.2, -0.15) is 0 Å². The lowest BCUT2D eigenvalue weighted by atomic mass is 11.9. The second-order valence-electron chi connectivity index (χ2n) is 2.22. The van der Waals surface area contributed by atoms with Crippen LogP contribution in [0.5, 0.6) is 0 Å². The van der Waals surface area contributed by atoms with Gasteiger partial charge in [0.25, 0.3) is 0 Å². The van der Waals surface area contributed by atoms with Gasteiger partial charge < -0.3 is 3.90 Å². The van der Waals surface area contributed by atoms with Crippen molar-refractivity contribution in [3.05, 3.63) is 0 Å². The Hall–Kier alpha value is 0.828. The molecule has 1 atom stereocenters. The third kappa shape index (κ3) is 3.41. The molecule has 0 radical (unpaired) electrons. The zero-order chi connectivity index (χ0) is 5.86. The van der Waals surface area contributed by atoms with Crippen LogP contribution >= 0.6 is 0 Å². The van der Waals surface area contributed by atoms with Gasteiger partial charge in [0.05, 0.1) is 29.3 Å². The fraction of sp³-hybridized carbons (Fsp3) is 1.00. The smallest absolute Gasteiger partial charge is 0.0768 e. The van der Waals surface area contributed by atoms with Crippen LogP contribution in [0.2, 0.25) is 13.1 Å². The maximum absolute atomic E-state index is 2.70. The largest absolute Gasteiger partial charge is 0.388 e. The molecule has 7 heavy (non-hydrogen) atoms. The van der Waals surface area contributed by atoms with E-state index in [1.807, 2.05) is 0 Å². The topological polar surface area (TPSA) is 3.24 Å². The zero-order valence-corrected chi connectivity index (χ0v) is 12.3. The zero-order valence-electron chi connectivity index (χ0n) is 5.73. The average Bonchev–Trinajstić information content (AvgIpc) is 1.65. The summed E-state index contributed by atoms with van der Waals surface area (Å²) in [5, 5.41) is 0. The van der Waals surface area contributed by atoms with Gasteiger partial charge in [-0.15, -0.1) is 0 Å². The normalized spacial score (nSPS) is 17.6. The van der Waals surface area contributed by atoms with Crippen molar-refractivity contribution >= 4 is 38.3 Å². The van der Waals surface area contributed by atoms with Gasteiger partial charge in [0.15, 0.2) is 0 Å². The van der Waals surface area contributed by atoms with E-state index in [0.717, 1.165) is 0 Å². The average molecular weight is 165 g/mol. The van der Waals surface area contributed by atoms with Crippen molar-refractivity contribution in [1.29, 1.82) is 0 Å². The van der Waals surface area contributed by atoms with Crippen molar-refractivity contribution in [2.75, 3.05) is 0 Å². The Morgan fingerprint density at radius 1 is 1.57 bits per heavy atom. The summed E-state index contributed by atoms with van der Waals surface area (Å²) in [5.41, 5.74) is 0. The molecule has 0 aromatic rings. The fourth-order valence-corrected chi connectivity index (χ4v) is 9.86. The van der Waals surface area contributed by atoms with Gasteiger partial charge in [-0.05, 0) is 0 Å². The second-order valence-corrected chi connectivity index (χ2v) is 18.4. The molecule has 0 amide bonds. The SMILES string of the molecule is C[SiH2][SiH](C)N([SiH3])[SiH3]. The summed E-state index contributed by atoms with van der Waals surface area (Å²) in [6.45, 7) is 4.94. The first kappa shape index (κ1) is 7.83. The van der Waals surface area contributed by atoms with E-state index in [9.17, 15) is 0 Å². The molecule has 0 fully saturated rings. The summed E-state index contributed by atoms with van der Waals surface area (Å²) >= 11 is 0. The first-order chi connectivity index (χ1) is 3.18. The molecule has 0 aromatic carbocycles. The van der Waals surface area contributed by atoms with E-state index in [0.29, 0.717) is 9.04 Å². The van der Waals surface area contributed by atoms with Crippen molar-refractivity contribution in [1.82, 2.24) is 3.90 Å². The van der Waals surface area contributed by atoms with Gasteiger partial charge in [-0.3, -0.25) is 0 Å². The van der Waals surface area contributed by atoms with Crippen molar-refractivity contribution in [2.24, 2.45) is 0 Å². The molecule has 0 N–H and O–H groups in total.